The van der Waals surface area contributed by atoms with E-state index in [9.17, 15) is 9.59 Å². The van der Waals surface area contributed by atoms with Crippen LogP contribution in [0.15, 0.2) is 77.2 Å². The second-order valence-corrected chi connectivity index (χ2v) is 7.48. The highest BCUT2D eigenvalue weighted by atomic mass is 16.6. The Hall–Kier alpha value is -4.26. The van der Waals surface area contributed by atoms with E-state index in [0.29, 0.717) is 28.2 Å². The van der Waals surface area contributed by atoms with E-state index in [1.54, 1.807) is 48.5 Å². The summed E-state index contributed by atoms with van der Waals surface area (Å²) in [7, 11) is 0. The van der Waals surface area contributed by atoms with Crippen LogP contribution in [0, 0.1) is 6.92 Å². The highest BCUT2D eigenvalue weighted by Gasteiger charge is 2.30. The number of ether oxygens (including phenoxy) is 2. The van der Waals surface area contributed by atoms with Crippen LogP contribution in [0.25, 0.3) is 11.0 Å². The van der Waals surface area contributed by atoms with Crippen molar-refractivity contribution in [3.05, 3.63) is 84.1 Å². The Bertz CT molecular complexity index is 1310. The van der Waals surface area contributed by atoms with E-state index in [0.717, 1.165) is 5.56 Å². The van der Waals surface area contributed by atoms with Gasteiger partial charge in [-0.2, -0.15) is 0 Å². The smallest absolute Gasteiger partial charge is 0.293 e. The molecule has 0 radical (unpaired) electrons. The van der Waals surface area contributed by atoms with Gasteiger partial charge in [0.05, 0.1) is 0 Å². The molecule has 2 N–H and O–H groups in total. The van der Waals surface area contributed by atoms with Gasteiger partial charge in [0.1, 0.15) is 17.9 Å². The predicted molar refractivity (Wildman–Crippen MR) is 120 cm³/mol. The maximum Gasteiger partial charge on any atom is 0.293 e. The second-order valence-electron chi connectivity index (χ2n) is 7.48. The van der Waals surface area contributed by atoms with E-state index in [1.807, 2.05) is 31.2 Å². The molecule has 7 nitrogen and oxygen atoms in total. The van der Waals surface area contributed by atoms with Gasteiger partial charge in [0.2, 0.25) is 11.9 Å². The first-order valence-corrected chi connectivity index (χ1v) is 10.2. The number of para-hydroxylation sites is 3. The maximum absolute atomic E-state index is 13.0. The van der Waals surface area contributed by atoms with Gasteiger partial charge in [-0.25, -0.2) is 0 Å². The number of aryl methyl sites for hydroxylation is 1. The van der Waals surface area contributed by atoms with Crippen LogP contribution in [0.5, 0.6) is 11.5 Å². The SMILES string of the molecule is Cc1ccc(NC(=O)c2oc3ccccc3c2NC(=O)[C@H]2COc3ccccc3O2)cc1. The summed E-state index contributed by atoms with van der Waals surface area (Å²) >= 11 is 0. The van der Waals surface area contributed by atoms with Crippen molar-refractivity contribution in [3.63, 3.8) is 0 Å². The molecule has 1 aliphatic heterocycles. The molecule has 0 saturated heterocycles. The molecule has 2 heterocycles. The number of nitrogens with one attached hydrogen (secondary N) is 2. The average molecular weight is 428 g/mol. The number of fused-ring (bicyclic) bond motifs is 2. The largest absolute Gasteiger partial charge is 0.485 e. The van der Waals surface area contributed by atoms with Crippen LogP contribution in [-0.4, -0.2) is 24.5 Å². The van der Waals surface area contributed by atoms with Crippen molar-refractivity contribution in [2.45, 2.75) is 13.0 Å². The molecular formula is C25H20N2O5. The van der Waals surface area contributed by atoms with Crippen molar-refractivity contribution in [1.82, 2.24) is 0 Å². The van der Waals surface area contributed by atoms with Crippen molar-refractivity contribution < 1.29 is 23.5 Å². The summed E-state index contributed by atoms with van der Waals surface area (Å²) < 4.78 is 17.2. The van der Waals surface area contributed by atoms with Gasteiger partial charge in [-0.1, -0.05) is 42.0 Å². The third-order valence-corrected chi connectivity index (χ3v) is 5.16. The number of hydrogen-bond donors (Lipinski definition) is 2. The molecule has 0 aliphatic carbocycles. The third kappa shape index (κ3) is 3.76. The topological polar surface area (TPSA) is 89.8 Å². The molecule has 0 fully saturated rings. The molecule has 4 aromatic rings. The van der Waals surface area contributed by atoms with Crippen molar-refractivity contribution in [1.29, 1.82) is 0 Å². The van der Waals surface area contributed by atoms with Crippen molar-refractivity contribution >= 4 is 34.2 Å². The summed E-state index contributed by atoms with van der Waals surface area (Å²) in [5.74, 6) is 0.191. The summed E-state index contributed by atoms with van der Waals surface area (Å²) in [4.78, 5) is 26.0. The Balaban J connectivity index is 1.42. The highest BCUT2D eigenvalue weighted by Crippen LogP contribution is 2.34. The zero-order valence-electron chi connectivity index (χ0n) is 17.3. The van der Waals surface area contributed by atoms with E-state index in [2.05, 4.69) is 10.6 Å². The molecule has 7 heteroatoms. The van der Waals surface area contributed by atoms with Gasteiger partial charge in [0.25, 0.3) is 11.8 Å². The molecule has 1 aromatic heterocycles. The molecule has 1 aliphatic rings. The van der Waals surface area contributed by atoms with Gasteiger partial charge in [-0.05, 0) is 43.3 Å². The minimum absolute atomic E-state index is 0.0113. The molecule has 5 rings (SSSR count). The lowest BCUT2D eigenvalue weighted by Gasteiger charge is -2.25. The number of rotatable bonds is 4. The van der Waals surface area contributed by atoms with Gasteiger partial charge in [-0.3, -0.25) is 9.59 Å². The van der Waals surface area contributed by atoms with Crippen LogP contribution in [0.2, 0.25) is 0 Å². The second kappa shape index (κ2) is 8.11. The van der Waals surface area contributed by atoms with Gasteiger partial charge in [0, 0.05) is 11.1 Å². The fraction of sp³-hybridized carbons (Fsp3) is 0.120. The molecule has 2 amide bonds. The Morgan fingerprint density at radius 1 is 0.875 bits per heavy atom. The van der Waals surface area contributed by atoms with Crippen molar-refractivity contribution in [2.75, 3.05) is 17.2 Å². The van der Waals surface area contributed by atoms with Crippen LogP contribution in [0.1, 0.15) is 16.1 Å². The molecule has 3 aromatic carbocycles. The average Bonchev–Trinajstić information content (AvgIpc) is 3.19. The standard InChI is InChI=1S/C25H20N2O5/c1-15-10-12-16(13-11-15)26-25(29)23-22(17-6-2-3-7-18(17)32-23)27-24(28)21-14-30-19-8-4-5-9-20(19)31-21/h2-13,21H,14H2,1H3,(H,26,29)(H,27,28)/t21-/m1/s1. The zero-order chi connectivity index (χ0) is 22.1. The number of carbonyl (C=O) groups is 2. The number of carbonyl (C=O) groups excluding carboxylic acids is 2. The molecule has 32 heavy (non-hydrogen) atoms. The van der Waals surface area contributed by atoms with Crippen LogP contribution in [0.3, 0.4) is 0 Å². The van der Waals surface area contributed by atoms with Gasteiger partial charge in [0.15, 0.2) is 11.5 Å². The van der Waals surface area contributed by atoms with Crippen LogP contribution >= 0.6 is 0 Å². The van der Waals surface area contributed by atoms with Gasteiger partial charge < -0.3 is 24.5 Å². The molecule has 0 spiro atoms. The molecule has 0 saturated carbocycles. The maximum atomic E-state index is 13.0. The van der Waals surface area contributed by atoms with E-state index in [4.69, 9.17) is 13.9 Å². The first-order chi connectivity index (χ1) is 15.6. The first kappa shape index (κ1) is 19.7. The van der Waals surface area contributed by atoms with E-state index in [1.165, 1.54) is 0 Å². The summed E-state index contributed by atoms with van der Waals surface area (Å²) in [5.41, 5.74) is 2.48. The lowest BCUT2D eigenvalue weighted by molar-refractivity contribution is -0.125. The molecule has 0 unspecified atom stereocenters. The van der Waals surface area contributed by atoms with E-state index in [-0.39, 0.29) is 18.1 Å². The monoisotopic (exact) mass is 428 g/mol. The number of furan rings is 1. The van der Waals surface area contributed by atoms with E-state index >= 15 is 0 Å². The van der Waals surface area contributed by atoms with Gasteiger partial charge >= 0.3 is 0 Å². The fourth-order valence-electron chi connectivity index (χ4n) is 3.51. The summed E-state index contributed by atoms with van der Waals surface area (Å²) in [6.45, 7) is 2.03. The molecular weight excluding hydrogens is 408 g/mol. The Kier molecular flexibility index (Phi) is 4.99. The van der Waals surface area contributed by atoms with E-state index < -0.39 is 17.9 Å². The Labute approximate surface area is 183 Å². The van der Waals surface area contributed by atoms with Crippen LogP contribution < -0.4 is 20.1 Å². The lowest BCUT2D eigenvalue weighted by atomic mass is 10.2. The van der Waals surface area contributed by atoms with Crippen molar-refractivity contribution in [3.8, 4) is 11.5 Å². The van der Waals surface area contributed by atoms with Crippen LogP contribution in [0.4, 0.5) is 11.4 Å². The predicted octanol–water partition coefficient (Wildman–Crippen LogP) is 4.77. The zero-order valence-corrected chi connectivity index (χ0v) is 17.3. The minimum Gasteiger partial charge on any atom is -0.485 e. The highest BCUT2D eigenvalue weighted by molar-refractivity contribution is 6.15. The summed E-state index contributed by atoms with van der Waals surface area (Å²) in [5, 5.41) is 6.24. The normalized spacial score (nSPS) is 14.7. The van der Waals surface area contributed by atoms with Gasteiger partial charge in [-0.15, -0.1) is 0 Å². The number of amides is 2. The Morgan fingerprint density at radius 3 is 2.41 bits per heavy atom. The minimum atomic E-state index is -0.869. The quantitative estimate of drug-likeness (QED) is 0.489. The lowest BCUT2D eigenvalue weighted by Crippen LogP contribution is -2.40. The van der Waals surface area contributed by atoms with Crippen LogP contribution in [-0.2, 0) is 4.79 Å². The fourth-order valence-corrected chi connectivity index (χ4v) is 3.51. The Morgan fingerprint density at radius 2 is 1.59 bits per heavy atom. The third-order valence-electron chi connectivity index (χ3n) is 5.16. The summed E-state index contributed by atoms with van der Waals surface area (Å²) in [6.07, 6.45) is -0.869. The number of anilines is 2. The molecule has 160 valence electrons. The summed E-state index contributed by atoms with van der Waals surface area (Å²) in [6, 6.07) is 21.7. The van der Waals surface area contributed by atoms with Crippen molar-refractivity contribution in [2.24, 2.45) is 0 Å². The number of hydrogen-bond acceptors (Lipinski definition) is 5. The molecule has 0 bridgehead atoms. The number of benzene rings is 3. The first-order valence-electron chi connectivity index (χ1n) is 10.2. The molecule has 1 atom stereocenters.